The Hall–Kier alpha value is -3.59. The minimum absolute atomic E-state index is 0.180. The summed E-state index contributed by atoms with van der Waals surface area (Å²) in [5.41, 5.74) is 2.40. The van der Waals surface area contributed by atoms with Crippen molar-refractivity contribution in [2.75, 3.05) is 43.2 Å². The van der Waals surface area contributed by atoms with Crippen molar-refractivity contribution in [3.05, 3.63) is 48.0 Å². The Morgan fingerprint density at radius 1 is 1.16 bits per heavy atom. The van der Waals surface area contributed by atoms with E-state index in [9.17, 15) is 14.7 Å². The molecule has 0 unspecified atom stereocenters. The van der Waals surface area contributed by atoms with E-state index in [1.165, 1.54) is 9.80 Å². The lowest BCUT2D eigenvalue weighted by molar-refractivity contribution is -0.129. The molecule has 9 heteroatoms. The number of imide groups is 1. The van der Waals surface area contributed by atoms with E-state index in [2.05, 4.69) is 10.1 Å². The lowest BCUT2D eigenvalue weighted by atomic mass is 10.0. The molecule has 0 aliphatic carbocycles. The first kappa shape index (κ1) is 20.3. The minimum atomic E-state index is -0.412. The minimum Gasteiger partial charge on any atom is -0.497 e. The molecule has 2 saturated heterocycles. The maximum absolute atomic E-state index is 13.2. The molecule has 0 bridgehead atoms. The molecule has 0 atom stereocenters. The monoisotopic (exact) mass is 436 g/mol. The molecule has 0 spiro atoms. The third-order valence-electron chi connectivity index (χ3n) is 6.08. The highest BCUT2D eigenvalue weighted by molar-refractivity contribution is 6.08. The van der Waals surface area contributed by atoms with E-state index in [1.807, 2.05) is 30.3 Å². The topological polar surface area (TPSA) is 99.3 Å². The molecule has 1 N–H and O–H groups in total. The summed E-state index contributed by atoms with van der Waals surface area (Å²) in [7, 11) is 1.59. The maximum atomic E-state index is 13.2. The third-order valence-corrected chi connectivity index (χ3v) is 6.08. The van der Waals surface area contributed by atoms with E-state index in [0.717, 1.165) is 29.7 Å². The number of carbonyl (C=O) groups is 2. The summed E-state index contributed by atoms with van der Waals surface area (Å²) < 4.78 is 10.7. The molecule has 3 amide bonds. The number of methoxy groups -OCH3 is 1. The normalized spacial score (nSPS) is 17.2. The highest BCUT2D eigenvalue weighted by Crippen LogP contribution is 2.33. The van der Waals surface area contributed by atoms with Gasteiger partial charge in [-0.1, -0.05) is 17.3 Å². The average molecular weight is 436 g/mol. The van der Waals surface area contributed by atoms with Crippen LogP contribution in [0.15, 0.2) is 47.0 Å². The number of aliphatic hydroxyl groups is 1. The Balaban J connectivity index is 1.36. The van der Waals surface area contributed by atoms with Crippen LogP contribution in [0, 0.1) is 5.92 Å². The molecular weight excluding hydrogens is 412 g/mol. The first-order chi connectivity index (χ1) is 15.6. The van der Waals surface area contributed by atoms with Gasteiger partial charge >= 0.3 is 6.03 Å². The summed E-state index contributed by atoms with van der Waals surface area (Å²) in [5, 5.41) is 14.1. The second kappa shape index (κ2) is 8.16. The van der Waals surface area contributed by atoms with E-state index in [-0.39, 0.29) is 32.0 Å². The number of rotatable bonds is 6. The molecule has 2 aliphatic rings. The molecule has 0 radical (unpaired) electrons. The van der Waals surface area contributed by atoms with Gasteiger partial charge in [0.1, 0.15) is 5.75 Å². The molecule has 166 valence electrons. The van der Waals surface area contributed by atoms with Crippen LogP contribution in [0.25, 0.3) is 11.0 Å². The average Bonchev–Trinajstić information content (AvgIpc) is 3.19. The van der Waals surface area contributed by atoms with Gasteiger partial charge in [0.15, 0.2) is 11.4 Å². The molecule has 32 heavy (non-hydrogen) atoms. The van der Waals surface area contributed by atoms with Crippen molar-refractivity contribution in [3.8, 4) is 5.75 Å². The molecule has 9 nitrogen and oxygen atoms in total. The van der Waals surface area contributed by atoms with Crippen molar-refractivity contribution in [1.82, 2.24) is 10.1 Å². The van der Waals surface area contributed by atoms with Gasteiger partial charge in [0.25, 0.3) is 0 Å². The maximum Gasteiger partial charge on any atom is 0.332 e. The molecular formula is C23H24N4O5. The second-order valence-corrected chi connectivity index (χ2v) is 8.15. The smallest absolute Gasteiger partial charge is 0.332 e. The predicted octanol–water partition coefficient (Wildman–Crippen LogP) is 2.62. The molecule has 2 aromatic carbocycles. The lowest BCUT2D eigenvalue weighted by Gasteiger charge is -2.40. The Kier molecular flexibility index (Phi) is 5.18. The second-order valence-electron chi connectivity index (χ2n) is 8.15. The summed E-state index contributed by atoms with van der Waals surface area (Å²) >= 11 is 0. The molecule has 3 heterocycles. The fourth-order valence-corrected chi connectivity index (χ4v) is 4.16. The zero-order valence-corrected chi connectivity index (χ0v) is 17.7. The van der Waals surface area contributed by atoms with Gasteiger partial charge in [-0.05, 0) is 29.8 Å². The first-order valence-electron chi connectivity index (χ1n) is 10.6. The van der Waals surface area contributed by atoms with Crippen LogP contribution >= 0.6 is 0 Å². The highest BCUT2D eigenvalue weighted by atomic mass is 16.5. The highest BCUT2D eigenvalue weighted by Gasteiger charge is 2.35. The summed E-state index contributed by atoms with van der Waals surface area (Å²) in [4.78, 5) is 30.6. The Labute approximate surface area is 184 Å². The summed E-state index contributed by atoms with van der Waals surface area (Å²) in [5.74, 6) is 1.22. The van der Waals surface area contributed by atoms with E-state index < -0.39 is 6.03 Å². The first-order valence-corrected chi connectivity index (χ1v) is 10.6. The molecule has 5 rings (SSSR count). The Morgan fingerprint density at radius 3 is 2.66 bits per heavy atom. The van der Waals surface area contributed by atoms with Crippen LogP contribution < -0.4 is 14.5 Å². The quantitative estimate of drug-likeness (QED) is 0.634. The van der Waals surface area contributed by atoms with Crippen LogP contribution in [-0.4, -0.2) is 60.5 Å². The number of aliphatic hydroxyl groups excluding tert-OH is 1. The third kappa shape index (κ3) is 3.54. The Morgan fingerprint density at radius 2 is 1.94 bits per heavy atom. The molecule has 2 fully saturated rings. The van der Waals surface area contributed by atoms with Crippen LogP contribution in [0.3, 0.4) is 0 Å². The number of hydrogen-bond donors (Lipinski definition) is 1. The van der Waals surface area contributed by atoms with Gasteiger partial charge in [-0.3, -0.25) is 14.6 Å². The summed E-state index contributed by atoms with van der Waals surface area (Å²) in [6.07, 6.45) is 0.213. The SMILES string of the molecule is COc1ccc(CN2C(=O)CCN(c3noc4cc(N5CC(CO)C5)ccc34)C2=O)cc1. The van der Waals surface area contributed by atoms with Gasteiger partial charge < -0.3 is 19.3 Å². The number of anilines is 2. The van der Waals surface area contributed by atoms with E-state index >= 15 is 0 Å². The number of ether oxygens (including phenoxy) is 1. The number of hydrogen-bond acceptors (Lipinski definition) is 7. The largest absolute Gasteiger partial charge is 0.497 e. The van der Waals surface area contributed by atoms with Crippen molar-refractivity contribution in [2.45, 2.75) is 13.0 Å². The molecule has 3 aromatic rings. The van der Waals surface area contributed by atoms with Gasteiger partial charge in [0.05, 0.1) is 19.0 Å². The van der Waals surface area contributed by atoms with Gasteiger partial charge in [0, 0.05) is 50.3 Å². The number of fused-ring (bicyclic) bond motifs is 1. The van der Waals surface area contributed by atoms with Crippen molar-refractivity contribution < 1.29 is 24.0 Å². The van der Waals surface area contributed by atoms with E-state index in [0.29, 0.717) is 23.1 Å². The van der Waals surface area contributed by atoms with Crippen molar-refractivity contribution in [2.24, 2.45) is 5.92 Å². The van der Waals surface area contributed by atoms with Crippen LogP contribution in [0.5, 0.6) is 5.75 Å². The molecule has 0 saturated carbocycles. The van der Waals surface area contributed by atoms with Crippen molar-refractivity contribution >= 4 is 34.4 Å². The molecule has 1 aromatic heterocycles. The fraction of sp³-hybridized carbons (Fsp3) is 0.348. The number of benzene rings is 2. The fourth-order valence-electron chi connectivity index (χ4n) is 4.16. The van der Waals surface area contributed by atoms with Crippen molar-refractivity contribution in [1.29, 1.82) is 0 Å². The van der Waals surface area contributed by atoms with Gasteiger partial charge in [-0.2, -0.15) is 0 Å². The number of urea groups is 1. The standard InChI is InChI=1S/C23H24N4O5/c1-31-18-5-2-15(3-6-18)13-27-21(29)8-9-26(23(27)30)22-19-7-4-17(10-20(19)32-24-22)25-11-16(12-25)14-28/h2-7,10,16,28H,8-9,11-14H2,1H3. The van der Waals surface area contributed by atoms with Gasteiger partial charge in [-0.25, -0.2) is 4.79 Å². The number of carbonyl (C=O) groups excluding carboxylic acids is 2. The van der Waals surface area contributed by atoms with Gasteiger partial charge in [0.2, 0.25) is 5.91 Å². The van der Waals surface area contributed by atoms with E-state index in [4.69, 9.17) is 9.26 Å². The van der Waals surface area contributed by atoms with Crippen molar-refractivity contribution in [3.63, 3.8) is 0 Å². The number of nitrogens with zero attached hydrogens (tertiary/aromatic N) is 4. The van der Waals surface area contributed by atoms with E-state index in [1.54, 1.807) is 19.2 Å². The van der Waals surface area contributed by atoms with Crippen LogP contribution in [-0.2, 0) is 11.3 Å². The summed E-state index contributed by atoms with van der Waals surface area (Å²) in [6, 6.07) is 12.6. The van der Waals surface area contributed by atoms with Crippen LogP contribution in [0.1, 0.15) is 12.0 Å². The summed E-state index contributed by atoms with van der Waals surface area (Å²) in [6.45, 7) is 2.23. The predicted molar refractivity (Wildman–Crippen MR) is 118 cm³/mol. The molecule has 2 aliphatic heterocycles. The van der Waals surface area contributed by atoms with Gasteiger partial charge in [-0.15, -0.1) is 0 Å². The zero-order chi connectivity index (χ0) is 22.2. The number of amides is 3. The Bertz CT molecular complexity index is 1150. The van der Waals surface area contributed by atoms with Crippen LogP contribution in [0.4, 0.5) is 16.3 Å². The lowest BCUT2D eigenvalue weighted by Crippen LogP contribution is -2.52. The number of aromatic nitrogens is 1. The zero-order valence-electron chi connectivity index (χ0n) is 17.7. The van der Waals surface area contributed by atoms with Crippen LogP contribution in [0.2, 0.25) is 0 Å².